The van der Waals surface area contributed by atoms with Gasteiger partial charge in [-0.1, -0.05) is 19.1 Å². The standard InChI is InChI=1S/C18H27NO4/c1-3-12-23-17-15(6-5-7-16(17)22-4-2)13-19-10-8-14(9-11-19)18(20)21/h5-7,14H,3-4,8-13H2,1-2H3,(H,20,21). The first-order valence-corrected chi connectivity index (χ1v) is 8.48. The van der Waals surface area contributed by atoms with Crippen LogP contribution in [0.4, 0.5) is 0 Å². The summed E-state index contributed by atoms with van der Waals surface area (Å²) in [6.45, 7) is 7.71. The Morgan fingerprint density at radius 3 is 2.61 bits per heavy atom. The van der Waals surface area contributed by atoms with Crippen LogP contribution >= 0.6 is 0 Å². The molecule has 1 fully saturated rings. The lowest BCUT2D eigenvalue weighted by atomic mass is 9.97. The Morgan fingerprint density at radius 2 is 2.00 bits per heavy atom. The minimum Gasteiger partial charge on any atom is -0.490 e. The summed E-state index contributed by atoms with van der Waals surface area (Å²) in [5, 5.41) is 9.10. The van der Waals surface area contributed by atoms with E-state index in [-0.39, 0.29) is 5.92 Å². The first-order chi connectivity index (χ1) is 11.2. The summed E-state index contributed by atoms with van der Waals surface area (Å²) in [6.07, 6.45) is 2.38. The van der Waals surface area contributed by atoms with Crippen LogP contribution in [-0.4, -0.2) is 42.3 Å². The van der Waals surface area contributed by atoms with Gasteiger partial charge in [0.05, 0.1) is 19.1 Å². The SMILES string of the molecule is CCCOc1c(CN2CCC(C(=O)O)CC2)cccc1OCC. The van der Waals surface area contributed by atoms with Crippen LogP contribution in [0.5, 0.6) is 11.5 Å². The summed E-state index contributed by atoms with van der Waals surface area (Å²) in [4.78, 5) is 13.3. The van der Waals surface area contributed by atoms with Gasteiger partial charge >= 0.3 is 5.97 Å². The van der Waals surface area contributed by atoms with Gasteiger partial charge in [0.25, 0.3) is 0 Å². The van der Waals surface area contributed by atoms with E-state index in [1.54, 1.807) is 0 Å². The van der Waals surface area contributed by atoms with Crippen molar-refractivity contribution >= 4 is 5.97 Å². The fourth-order valence-corrected chi connectivity index (χ4v) is 2.90. The highest BCUT2D eigenvalue weighted by molar-refractivity contribution is 5.70. The fourth-order valence-electron chi connectivity index (χ4n) is 2.90. The highest BCUT2D eigenvalue weighted by atomic mass is 16.5. The quantitative estimate of drug-likeness (QED) is 0.797. The molecule has 23 heavy (non-hydrogen) atoms. The number of nitrogens with zero attached hydrogens (tertiary/aromatic N) is 1. The molecule has 1 aromatic carbocycles. The summed E-state index contributed by atoms with van der Waals surface area (Å²) >= 11 is 0. The Hall–Kier alpha value is -1.75. The molecule has 0 spiro atoms. The van der Waals surface area contributed by atoms with Crippen molar-refractivity contribution in [3.8, 4) is 11.5 Å². The number of likely N-dealkylation sites (tertiary alicyclic amines) is 1. The predicted octanol–water partition coefficient (Wildman–Crippen LogP) is 3.17. The predicted molar refractivity (Wildman–Crippen MR) is 89.0 cm³/mol. The number of hydrogen-bond donors (Lipinski definition) is 1. The minimum atomic E-state index is -0.671. The second kappa shape index (κ2) is 8.77. The average molecular weight is 321 g/mol. The van der Waals surface area contributed by atoms with Crippen molar-refractivity contribution in [2.24, 2.45) is 5.92 Å². The van der Waals surface area contributed by atoms with Crippen LogP contribution in [0.3, 0.4) is 0 Å². The fraction of sp³-hybridized carbons (Fsp3) is 0.611. The third-order valence-electron chi connectivity index (χ3n) is 4.14. The van der Waals surface area contributed by atoms with Crippen molar-refractivity contribution < 1.29 is 19.4 Å². The second-order valence-electron chi connectivity index (χ2n) is 5.91. The summed E-state index contributed by atoms with van der Waals surface area (Å²) in [7, 11) is 0. The van der Waals surface area contributed by atoms with Crippen molar-refractivity contribution in [3.05, 3.63) is 23.8 Å². The number of hydrogen-bond acceptors (Lipinski definition) is 4. The highest BCUT2D eigenvalue weighted by Crippen LogP contribution is 2.33. The number of aliphatic carboxylic acids is 1. The third-order valence-corrected chi connectivity index (χ3v) is 4.14. The normalized spacial score (nSPS) is 16.3. The molecule has 0 radical (unpaired) electrons. The Bertz CT molecular complexity index is 510. The van der Waals surface area contributed by atoms with Crippen molar-refractivity contribution in [1.29, 1.82) is 0 Å². The molecular weight excluding hydrogens is 294 g/mol. The zero-order valence-electron chi connectivity index (χ0n) is 14.1. The molecule has 1 saturated heterocycles. The summed E-state index contributed by atoms with van der Waals surface area (Å²) in [6, 6.07) is 5.99. The number of rotatable bonds is 8. The lowest BCUT2D eigenvalue weighted by Crippen LogP contribution is -2.35. The van der Waals surface area contributed by atoms with Gasteiger partial charge in [-0.3, -0.25) is 9.69 Å². The van der Waals surface area contributed by atoms with Crippen LogP contribution in [0.25, 0.3) is 0 Å². The van der Waals surface area contributed by atoms with E-state index in [9.17, 15) is 4.79 Å². The van der Waals surface area contributed by atoms with Gasteiger partial charge in [0.1, 0.15) is 0 Å². The number of benzene rings is 1. The zero-order valence-corrected chi connectivity index (χ0v) is 14.1. The van der Waals surface area contributed by atoms with Gasteiger partial charge in [-0.15, -0.1) is 0 Å². The lowest BCUT2D eigenvalue weighted by Gasteiger charge is -2.30. The van der Waals surface area contributed by atoms with E-state index in [4.69, 9.17) is 14.6 Å². The van der Waals surface area contributed by atoms with Crippen LogP contribution in [0.2, 0.25) is 0 Å². The first-order valence-electron chi connectivity index (χ1n) is 8.48. The van der Waals surface area contributed by atoms with Crippen LogP contribution in [0, 0.1) is 5.92 Å². The number of carboxylic acid groups (broad SMARTS) is 1. The lowest BCUT2D eigenvalue weighted by molar-refractivity contribution is -0.143. The van der Waals surface area contributed by atoms with Crippen molar-refractivity contribution in [1.82, 2.24) is 4.90 Å². The molecule has 0 amide bonds. The topological polar surface area (TPSA) is 59.0 Å². The molecule has 1 aliphatic rings. The zero-order chi connectivity index (χ0) is 16.7. The Morgan fingerprint density at radius 1 is 1.26 bits per heavy atom. The highest BCUT2D eigenvalue weighted by Gasteiger charge is 2.25. The van der Waals surface area contributed by atoms with E-state index in [1.165, 1.54) is 0 Å². The van der Waals surface area contributed by atoms with Crippen LogP contribution in [0.15, 0.2) is 18.2 Å². The first kappa shape index (κ1) is 17.6. The van der Waals surface area contributed by atoms with E-state index >= 15 is 0 Å². The molecule has 1 aromatic rings. The van der Waals surface area contributed by atoms with Crippen molar-refractivity contribution in [2.45, 2.75) is 39.7 Å². The molecule has 1 aliphatic heterocycles. The van der Waals surface area contributed by atoms with Crippen LogP contribution < -0.4 is 9.47 Å². The molecule has 0 unspecified atom stereocenters. The molecule has 0 aromatic heterocycles. The number of carbonyl (C=O) groups is 1. The molecule has 1 N–H and O–H groups in total. The number of para-hydroxylation sites is 1. The van der Waals surface area contributed by atoms with Gasteiger partial charge < -0.3 is 14.6 Å². The van der Waals surface area contributed by atoms with Gasteiger partial charge in [0, 0.05) is 12.1 Å². The number of piperidine rings is 1. The Labute approximate surface area is 138 Å². The Kier molecular flexibility index (Phi) is 6.71. The molecule has 0 aliphatic carbocycles. The van der Waals surface area contributed by atoms with Gasteiger partial charge in [-0.2, -0.15) is 0 Å². The Balaban J connectivity index is 2.06. The maximum atomic E-state index is 11.1. The molecular formula is C18H27NO4. The summed E-state index contributed by atoms with van der Waals surface area (Å²) in [5.41, 5.74) is 1.11. The van der Waals surface area contributed by atoms with Crippen LogP contribution in [0.1, 0.15) is 38.7 Å². The third kappa shape index (κ3) is 4.86. The smallest absolute Gasteiger partial charge is 0.306 e. The van der Waals surface area contributed by atoms with E-state index < -0.39 is 5.97 Å². The largest absolute Gasteiger partial charge is 0.490 e. The summed E-state index contributed by atoms with van der Waals surface area (Å²) in [5.74, 6) is 0.752. The molecule has 0 atom stereocenters. The van der Waals surface area contributed by atoms with Gasteiger partial charge in [0.15, 0.2) is 11.5 Å². The monoisotopic (exact) mass is 321 g/mol. The van der Waals surface area contributed by atoms with E-state index in [2.05, 4.69) is 17.9 Å². The van der Waals surface area contributed by atoms with Gasteiger partial charge in [0.2, 0.25) is 0 Å². The van der Waals surface area contributed by atoms with Gasteiger partial charge in [-0.05, 0) is 45.3 Å². The number of carboxylic acids is 1. The second-order valence-corrected chi connectivity index (χ2v) is 5.91. The number of ether oxygens (including phenoxy) is 2. The molecule has 2 rings (SSSR count). The maximum Gasteiger partial charge on any atom is 0.306 e. The van der Waals surface area contributed by atoms with Gasteiger partial charge in [-0.25, -0.2) is 0 Å². The van der Waals surface area contributed by atoms with Crippen LogP contribution in [-0.2, 0) is 11.3 Å². The minimum absolute atomic E-state index is 0.197. The van der Waals surface area contributed by atoms with E-state index in [0.29, 0.717) is 26.1 Å². The molecule has 5 heteroatoms. The van der Waals surface area contributed by atoms with E-state index in [1.807, 2.05) is 19.1 Å². The van der Waals surface area contributed by atoms with Crippen molar-refractivity contribution in [3.63, 3.8) is 0 Å². The molecule has 0 bridgehead atoms. The maximum absolute atomic E-state index is 11.1. The molecule has 1 heterocycles. The van der Waals surface area contributed by atoms with E-state index in [0.717, 1.165) is 43.1 Å². The van der Waals surface area contributed by atoms with Crippen molar-refractivity contribution in [2.75, 3.05) is 26.3 Å². The average Bonchev–Trinajstić information content (AvgIpc) is 2.55. The summed E-state index contributed by atoms with van der Waals surface area (Å²) < 4.78 is 11.6. The molecule has 0 saturated carbocycles. The molecule has 5 nitrogen and oxygen atoms in total. The molecule has 128 valence electrons.